The first-order chi connectivity index (χ1) is 14.1. The summed E-state index contributed by atoms with van der Waals surface area (Å²) in [6, 6.07) is 10.8. The zero-order chi connectivity index (χ0) is 20.2. The number of piperidine rings is 1. The highest BCUT2D eigenvalue weighted by Gasteiger charge is 2.23. The van der Waals surface area contributed by atoms with Gasteiger partial charge in [0.25, 0.3) is 5.91 Å². The lowest BCUT2D eigenvalue weighted by Crippen LogP contribution is -2.38. The summed E-state index contributed by atoms with van der Waals surface area (Å²) in [5, 5.41) is 2.99. The number of nitrogens with zero attached hydrogens (tertiary/aromatic N) is 4. The second kappa shape index (κ2) is 8.43. The van der Waals surface area contributed by atoms with Crippen molar-refractivity contribution in [3.63, 3.8) is 0 Å². The number of para-hydroxylation sites is 2. The van der Waals surface area contributed by atoms with E-state index in [1.54, 1.807) is 24.5 Å². The van der Waals surface area contributed by atoms with Crippen LogP contribution < -0.4 is 5.32 Å². The van der Waals surface area contributed by atoms with Crippen LogP contribution >= 0.6 is 0 Å². The molecule has 0 aliphatic carbocycles. The molecule has 1 unspecified atom stereocenters. The van der Waals surface area contributed by atoms with Crippen molar-refractivity contribution in [3.05, 3.63) is 60.2 Å². The molecule has 1 aliphatic heterocycles. The quantitative estimate of drug-likeness (QED) is 0.725. The first-order valence-corrected chi connectivity index (χ1v) is 10.1. The second-order valence-corrected chi connectivity index (χ2v) is 7.42. The highest BCUT2D eigenvalue weighted by atomic mass is 16.2. The van der Waals surface area contributed by atoms with Gasteiger partial charge >= 0.3 is 0 Å². The van der Waals surface area contributed by atoms with Crippen LogP contribution in [0.5, 0.6) is 0 Å². The maximum Gasteiger partial charge on any atom is 0.251 e. The van der Waals surface area contributed by atoms with Crippen molar-refractivity contribution in [1.82, 2.24) is 24.8 Å². The highest BCUT2D eigenvalue weighted by Crippen LogP contribution is 2.22. The molecule has 1 fully saturated rings. The summed E-state index contributed by atoms with van der Waals surface area (Å²) in [6.07, 6.45) is 6.47. The highest BCUT2D eigenvalue weighted by molar-refractivity contribution is 5.94. The maximum absolute atomic E-state index is 12.9. The van der Waals surface area contributed by atoms with Crippen molar-refractivity contribution >= 4 is 22.8 Å². The summed E-state index contributed by atoms with van der Waals surface area (Å²) in [5.41, 5.74) is 2.26. The van der Waals surface area contributed by atoms with Crippen molar-refractivity contribution in [3.8, 4) is 0 Å². The monoisotopic (exact) mass is 391 g/mol. The number of nitrogens with one attached hydrogen (secondary N) is 1. The van der Waals surface area contributed by atoms with Gasteiger partial charge in [-0.1, -0.05) is 12.1 Å². The molecular formula is C22H25N5O2. The molecule has 1 aromatic carbocycles. The Hall–Kier alpha value is -3.22. The maximum atomic E-state index is 12.9. The molecule has 7 heteroatoms. The third-order valence-electron chi connectivity index (χ3n) is 5.36. The lowest BCUT2D eigenvalue weighted by molar-refractivity contribution is -0.132. The molecule has 3 heterocycles. The minimum absolute atomic E-state index is 0.0989. The molecule has 2 aromatic heterocycles. The van der Waals surface area contributed by atoms with Gasteiger partial charge in [0.2, 0.25) is 5.91 Å². The predicted molar refractivity (Wildman–Crippen MR) is 110 cm³/mol. The van der Waals surface area contributed by atoms with Gasteiger partial charge < -0.3 is 14.8 Å². The molecule has 1 saturated heterocycles. The van der Waals surface area contributed by atoms with Crippen molar-refractivity contribution in [2.24, 2.45) is 0 Å². The minimum atomic E-state index is -0.350. The van der Waals surface area contributed by atoms with Crippen molar-refractivity contribution in [2.75, 3.05) is 13.1 Å². The molecule has 7 nitrogen and oxygen atoms in total. The summed E-state index contributed by atoms with van der Waals surface area (Å²) in [7, 11) is 0. The SMILES string of the molecule is CC(NC(=O)c1ccncc1)c1nc2ccccc2n1CC(=O)N1CCCCC1. The van der Waals surface area contributed by atoms with Crippen LogP contribution in [-0.2, 0) is 11.3 Å². The van der Waals surface area contributed by atoms with E-state index in [0.29, 0.717) is 11.4 Å². The number of aromatic nitrogens is 3. The Morgan fingerprint density at radius 1 is 1.07 bits per heavy atom. The summed E-state index contributed by atoms with van der Waals surface area (Å²) >= 11 is 0. The number of rotatable bonds is 5. The van der Waals surface area contributed by atoms with Gasteiger partial charge in [-0.3, -0.25) is 14.6 Å². The van der Waals surface area contributed by atoms with Gasteiger partial charge in [-0.25, -0.2) is 4.98 Å². The van der Waals surface area contributed by atoms with Gasteiger partial charge in [0.15, 0.2) is 0 Å². The molecule has 29 heavy (non-hydrogen) atoms. The Morgan fingerprint density at radius 2 is 1.79 bits per heavy atom. The number of benzene rings is 1. The molecule has 0 saturated carbocycles. The summed E-state index contributed by atoms with van der Waals surface area (Å²) < 4.78 is 1.93. The zero-order valence-electron chi connectivity index (χ0n) is 16.5. The van der Waals surface area contributed by atoms with Gasteiger partial charge in [-0.2, -0.15) is 0 Å². The molecular weight excluding hydrogens is 366 g/mol. The fourth-order valence-corrected chi connectivity index (χ4v) is 3.82. The van der Waals surface area contributed by atoms with Gasteiger partial charge in [-0.15, -0.1) is 0 Å². The molecule has 1 aliphatic rings. The van der Waals surface area contributed by atoms with Crippen LogP contribution in [0.1, 0.15) is 48.4 Å². The van der Waals surface area contributed by atoms with Crippen LogP contribution in [0, 0.1) is 0 Å². The third kappa shape index (κ3) is 4.13. The Bertz CT molecular complexity index is 1010. The topological polar surface area (TPSA) is 80.1 Å². The van der Waals surface area contributed by atoms with Crippen LogP contribution in [0.25, 0.3) is 11.0 Å². The van der Waals surface area contributed by atoms with Crippen molar-refractivity contribution < 1.29 is 9.59 Å². The van der Waals surface area contributed by atoms with Crippen molar-refractivity contribution in [2.45, 2.75) is 38.8 Å². The van der Waals surface area contributed by atoms with E-state index in [1.165, 1.54) is 6.42 Å². The van der Waals surface area contributed by atoms with E-state index in [2.05, 4.69) is 10.3 Å². The molecule has 3 aromatic rings. The van der Waals surface area contributed by atoms with Gasteiger partial charge in [0, 0.05) is 31.0 Å². The van der Waals surface area contributed by atoms with Crippen LogP contribution in [0.15, 0.2) is 48.8 Å². The standard InChI is InChI=1S/C22H25N5O2/c1-16(24-22(29)17-9-11-23-12-10-17)21-25-18-7-3-4-8-19(18)27(21)15-20(28)26-13-5-2-6-14-26/h3-4,7-12,16H,2,5-6,13-15H2,1H3,(H,24,29). The molecule has 2 amide bonds. The van der Waals surface area contributed by atoms with Crippen LogP contribution in [0.4, 0.5) is 0 Å². The third-order valence-corrected chi connectivity index (χ3v) is 5.36. The van der Waals surface area contributed by atoms with Crippen LogP contribution in [0.3, 0.4) is 0 Å². The minimum Gasteiger partial charge on any atom is -0.342 e. The fourth-order valence-electron chi connectivity index (χ4n) is 3.82. The Balaban J connectivity index is 1.60. The predicted octanol–water partition coefficient (Wildman–Crippen LogP) is 2.93. The summed E-state index contributed by atoms with van der Waals surface area (Å²) in [6.45, 7) is 3.75. The number of carbonyl (C=O) groups is 2. The van der Waals surface area contributed by atoms with E-state index in [0.717, 1.165) is 37.0 Å². The number of likely N-dealkylation sites (tertiary alicyclic amines) is 1. The summed E-state index contributed by atoms with van der Waals surface area (Å²) in [5.74, 6) is 0.585. The van der Waals surface area contributed by atoms with E-state index in [-0.39, 0.29) is 24.4 Å². The van der Waals surface area contributed by atoms with E-state index in [4.69, 9.17) is 4.98 Å². The molecule has 0 radical (unpaired) electrons. The molecule has 0 bridgehead atoms. The first kappa shape index (κ1) is 19.1. The number of amides is 2. The average Bonchev–Trinajstić information content (AvgIpc) is 3.13. The normalized spacial score (nSPS) is 15.3. The lowest BCUT2D eigenvalue weighted by atomic mass is 10.1. The molecule has 1 N–H and O–H groups in total. The van der Waals surface area contributed by atoms with Crippen molar-refractivity contribution in [1.29, 1.82) is 0 Å². The zero-order valence-corrected chi connectivity index (χ0v) is 16.5. The van der Waals surface area contributed by atoms with Gasteiger partial charge in [-0.05, 0) is 50.5 Å². The fraction of sp³-hybridized carbons (Fsp3) is 0.364. The molecule has 150 valence electrons. The molecule has 0 spiro atoms. The number of fused-ring (bicyclic) bond motifs is 1. The number of pyridine rings is 1. The number of hydrogen-bond donors (Lipinski definition) is 1. The lowest BCUT2D eigenvalue weighted by Gasteiger charge is -2.27. The Morgan fingerprint density at radius 3 is 2.55 bits per heavy atom. The van der Waals surface area contributed by atoms with E-state index in [1.807, 2.05) is 40.7 Å². The van der Waals surface area contributed by atoms with E-state index >= 15 is 0 Å². The van der Waals surface area contributed by atoms with Crippen LogP contribution in [-0.4, -0.2) is 44.3 Å². The van der Waals surface area contributed by atoms with Gasteiger partial charge in [0.05, 0.1) is 17.1 Å². The van der Waals surface area contributed by atoms with Crippen LogP contribution in [0.2, 0.25) is 0 Å². The number of imidazole rings is 1. The number of carbonyl (C=O) groups excluding carboxylic acids is 2. The molecule has 4 rings (SSSR count). The molecule has 1 atom stereocenters. The largest absolute Gasteiger partial charge is 0.342 e. The Kier molecular flexibility index (Phi) is 5.55. The average molecular weight is 391 g/mol. The number of hydrogen-bond acceptors (Lipinski definition) is 4. The summed E-state index contributed by atoms with van der Waals surface area (Å²) in [4.78, 5) is 36.1. The smallest absolute Gasteiger partial charge is 0.251 e. The first-order valence-electron chi connectivity index (χ1n) is 10.1. The van der Waals surface area contributed by atoms with Gasteiger partial charge in [0.1, 0.15) is 12.4 Å². The van der Waals surface area contributed by atoms with E-state index in [9.17, 15) is 9.59 Å². The van der Waals surface area contributed by atoms with E-state index < -0.39 is 0 Å². The second-order valence-electron chi connectivity index (χ2n) is 7.42. The Labute approximate surface area is 169 Å².